The highest BCUT2D eigenvalue weighted by Gasteiger charge is 2.21. The van der Waals surface area contributed by atoms with Crippen LogP contribution < -0.4 is 11.3 Å². The molecular formula is C12H19N3O. The number of fused-ring (bicyclic) bond motifs is 1. The Hall–Kier alpha value is -1.16. The molecule has 16 heavy (non-hydrogen) atoms. The number of nitrogens with one attached hydrogen (secondary N) is 1. The molecule has 4 nitrogen and oxygen atoms in total. The maximum absolute atomic E-state index is 11.9. The third-order valence-corrected chi connectivity index (χ3v) is 3.05. The molecule has 0 aliphatic heterocycles. The first-order chi connectivity index (χ1) is 7.48. The molecule has 1 aromatic rings. The van der Waals surface area contributed by atoms with Gasteiger partial charge in [-0.1, -0.05) is 6.42 Å². The molecule has 0 bridgehead atoms. The molecule has 2 rings (SSSR count). The van der Waals surface area contributed by atoms with Gasteiger partial charge in [-0.25, -0.2) is 4.98 Å². The zero-order valence-electron chi connectivity index (χ0n) is 9.97. The van der Waals surface area contributed by atoms with Crippen LogP contribution in [-0.2, 0) is 18.4 Å². The van der Waals surface area contributed by atoms with E-state index in [2.05, 4.69) is 9.97 Å². The predicted molar refractivity (Wildman–Crippen MR) is 63.3 cm³/mol. The Balaban J connectivity index is 2.52. The van der Waals surface area contributed by atoms with Crippen molar-refractivity contribution >= 4 is 0 Å². The number of hydrogen-bond donors (Lipinski definition) is 2. The van der Waals surface area contributed by atoms with Crippen molar-refractivity contribution in [2.45, 2.75) is 51.5 Å². The summed E-state index contributed by atoms with van der Waals surface area (Å²) in [7, 11) is 0. The minimum atomic E-state index is -0.583. The van der Waals surface area contributed by atoms with Crippen molar-refractivity contribution in [1.29, 1.82) is 0 Å². The van der Waals surface area contributed by atoms with Crippen molar-refractivity contribution < 1.29 is 0 Å². The molecule has 3 N–H and O–H groups in total. The molecule has 0 unspecified atom stereocenters. The fraction of sp³-hybridized carbons (Fsp3) is 0.667. The maximum Gasteiger partial charge on any atom is 0.254 e. The van der Waals surface area contributed by atoms with Gasteiger partial charge in [-0.3, -0.25) is 4.79 Å². The lowest BCUT2D eigenvalue weighted by atomic mass is 10.0. The molecule has 1 heterocycles. The average molecular weight is 221 g/mol. The number of nitrogens with two attached hydrogens (primary N) is 1. The predicted octanol–water partition coefficient (Wildman–Crippen LogP) is 1.23. The van der Waals surface area contributed by atoms with Gasteiger partial charge in [0.1, 0.15) is 5.82 Å². The molecule has 0 aromatic carbocycles. The van der Waals surface area contributed by atoms with Gasteiger partial charge in [0.15, 0.2) is 0 Å². The van der Waals surface area contributed by atoms with Crippen molar-refractivity contribution in [3.05, 3.63) is 27.4 Å². The lowest BCUT2D eigenvalue weighted by Gasteiger charge is -2.18. The van der Waals surface area contributed by atoms with E-state index in [1.807, 2.05) is 13.8 Å². The van der Waals surface area contributed by atoms with Crippen LogP contribution in [-0.4, -0.2) is 9.97 Å². The van der Waals surface area contributed by atoms with Crippen LogP contribution in [0.3, 0.4) is 0 Å². The minimum absolute atomic E-state index is 0.000394. The molecule has 0 radical (unpaired) electrons. The quantitative estimate of drug-likeness (QED) is 0.701. The van der Waals surface area contributed by atoms with Gasteiger partial charge in [0.25, 0.3) is 5.56 Å². The Kier molecular flexibility index (Phi) is 2.84. The van der Waals surface area contributed by atoms with E-state index in [-0.39, 0.29) is 5.56 Å². The van der Waals surface area contributed by atoms with Crippen LogP contribution in [0.5, 0.6) is 0 Å². The highest BCUT2D eigenvalue weighted by atomic mass is 16.1. The van der Waals surface area contributed by atoms with Crippen molar-refractivity contribution in [3.8, 4) is 0 Å². The zero-order chi connectivity index (χ0) is 11.8. The van der Waals surface area contributed by atoms with E-state index >= 15 is 0 Å². The second-order valence-corrected chi connectivity index (χ2v) is 5.12. The Morgan fingerprint density at radius 3 is 2.62 bits per heavy atom. The van der Waals surface area contributed by atoms with E-state index in [9.17, 15) is 4.79 Å². The maximum atomic E-state index is 11.9. The summed E-state index contributed by atoms with van der Waals surface area (Å²) >= 11 is 0. The summed E-state index contributed by atoms with van der Waals surface area (Å²) in [6.07, 6.45) is 5.14. The number of aromatic amines is 1. The summed E-state index contributed by atoms with van der Waals surface area (Å²) in [4.78, 5) is 19.3. The molecule has 1 aromatic heterocycles. The number of hydrogen-bond acceptors (Lipinski definition) is 3. The molecule has 1 aliphatic carbocycles. The van der Waals surface area contributed by atoms with Crippen LogP contribution in [0.4, 0.5) is 0 Å². The third-order valence-electron chi connectivity index (χ3n) is 3.05. The molecule has 0 saturated heterocycles. The van der Waals surface area contributed by atoms with Crippen molar-refractivity contribution in [1.82, 2.24) is 9.97 Å². The topological polar surface area (TPSA) is 71.8 Å². The number of aryl methyl sites for hydroxylation is 1. The first-order valence-electron chi connectivity index (χ1n) is 5.90. The number of aromatic nitrogens is 2. The lowest BCUT2D eigenvalue weighted by molar-refractivity contribution is 0.507. The van der Waals surface area contributed by atoms with E-state index in [4.69, 9.17) is 5.73 Å². The van der Waals surface area contributed by atoms with Crippen LogP contribution >= 0.6 is 0 Å². The summed E-state index contributed by atoms with van der Waals surface area (Å²) in [5, 5.41) is 0. The molecule has 0 saturated carbocycles. The van der Waals surface area contributed by atoms with Crippen LogP contribution in [0.2, 0.25) is 0 Å². The van der Waals surface area contributed by atoms with Gasteiger partial charge < -0.3 is 10.7 Å². The first kappa shape index (κ1) is 11.3. The molecule has 88 valence electrons. The summed E-state index contributed by atoms with van der Waals surface area (Å²) < 4.78 is 0. The standard InChI is InChI=1S/C12H19N3O/c1-12(2,13)11-14-9-7-5-3-4-6-8(9)10(16)15-11/h3-7,13H2,1-2H3,(H,14,15,16). The summed E-state index contributed by atoms with van der Waals surface area (Å²) in [6, 6.07) is 0. The van der Waals surface area contributed by atoms with Crippen LogP contribution in [0.25, 0.3) is 0 Å². The van der Waals surface area contributed by atoms with Crippen LogP contribution in [0, 0.1) is 0 Å². The molecular weight excluding hydrogens is 202 g/mol. The Morgan fingerprint density at radius 2 is 1.94 bits per heavy atom. The summed E-state index contributed by atoms with van der Waals surface area (Å²) in [6.45, 7) is 3.71. The van der Waals surface area contributed by atoms with E-state index < -0.39 is 5.54 Å². The first-order valence-corrected chi connectivity index (χ1v) is 5.90. The highest BCUT2D eigenvalue weighted by molar-refractivity contribution is 5.21. The second-order valence-electron chi connectivity index (χ2n) is 5.12. The Labute approximate surface area is 95.3 Å². The van der Waals surface area contributed by atoms with Gasteiger partial charge in [-0.2, -0.15) is 0 Å². The molecule has 4 heteroatoms. The van der Waals surface area contributed by atoms with E-state index in [1.165, 1.54) is 6.42 Å². The second kappa shape index (κ2) is 4.01. The monoisotopic (exact) mass is 221 g/mol. The van der Waals surface area contributed by atoms with Gasteiger partial charge in [0.2, 0.25) is 0 Å². The number of rotatable bonds is 1. The van der Waals surface area contributed by atoms with E-state index in [0.29, 0.717) is 5.82 Å². The smallest absolute Gasteiger partial charge is 0.254 e. The van der Waals surface area contributed by atoms with Crippen molar-refractivity contribution in [2.75, 3.05) is 0 Å². The molecule has 0 spiro atoms. The highest BCUT2D eigenvalue weighted by Crippen LogP contribution is 2.18. The van der Waals surface area contributed by atoms with E-state index in [1.54, 1.807) is 0 Å². The van der Waals surface area contributed by atoms with Gasteiger partial charge in [-0.05, 0) is 39.5 Å². The molecule has 0 atom stereocenters. The molecule has 0 fully saturated rings. The van der Waals surface area contributed by atoms with Gasteiger partial charge in [0.05, 0.1) is 11.2 Å². The van der Waals surface area contributed by atoms with E-state index in [0.717, 1.165) is 36.9 Å². The number of nitrogens with zero attached hydrogens (tertiary/aromatic N) is 1. The fourth-order valence-corrected chi connectivity index (χ4v) is 2.09. The van der Waals surface area contributed by atoms with Gasteiger partial charge in [0, 0.05) is 5.56 Å². The normalized spacial score (nSPS) is 16.7. The average Bonchev–Trinajstić information content (AvgIpc) is 2.41. The summed E-state index contributed by atoms with van der Waals surface area (Å²) in [5.41, 5.74) is 7.20. The van der Waals surface area contributed by atoms with Gasteiger partial charge >= 0.3 is 0 Å². The Morgan fingerprint density at radius 1 is 1.25 bits per heavy atom. The summed E-state index contributed by atoms with van der Waals surface area (Å²) in [5.74, 6) is 0.596. The SMILES string of the molecule is CC(C)(N)c1nc2c(c(=O)[nH]1)CCCCC2. The van der Waals surface area contributed by atoms with Gasteiger partial charge in [-0.15, -0.1) is 0 Å². The lowest BCUT2D eigenvalue weighted by Crippen LogP contribution is -2.35. The van der Waals surface area contributed by atoms with Crippen molar-refractivity contribution in [2.24, 2.45) is 5.73 Å². The molecule has 0 amide bonds. The van der Waals surface area contributed by atoms with Crippen LogP contribution in [0.1, 0.15) is 50.2 Å². The largest absolute Gasteiger partial charge is 0.319 e. The minimum Gasteiger partial charge on any atom is -0.319 e. The zero-order valence-corrected chi connectivity index (χ0v) is 9.97. The Bertz CT molecular complexity index is 443. The van der Waals surface area contributed by atoms with Crippen molar-refractivity contribution in [3.63, 3.8) is 0 Å². The number of H-pyrrole nitrogens is 1. The van der Waals surface area contributed by atoms with Crippen LogP contribution in [0.15, 0.2) is 4.79 Å². The molecule has 1 aliphatic rings. The third kappa shape index (κ3) is 2.16. The fourth-order valence-electron chi connectivity index (χ4n) is 2.09.